The lowest BCUT2D eigenvalue weighted by Crippen LogP contribution is -2.32. The van der Waals surface area contributed by atoms with Gasteiger partial charge in [-0.1, -0.05) is 0 Å². The fraction of sp³-hybridized carbons (Fsp3) is 0.636. The van der Waals surface area contributed by atoms with E-state index in [9.17, 15) is 4.79 Å². The van der Waals surface area contributed by atoms with Crippen LogP contribution in [0, 0.1) is 0 Å². The van der Waals surface area contributed by atoms with E-state index in [0.717, 1.165) is 5.13 Å². The third-order valence-electron chi connectivity index (χ3n) is 2.35. The molecule has 0 aliphatic rings. The first-order valence-corrected chi connectivity index (χ1v) is 6.32. The number of hydrogen-bond donors (Lipinski definition) is 0. The summed E-state index contributed by atoms with van der Waals surface area (Å²) in [5, 5.41) is 2.50. The molecule has 0 aliphatic heterocycles. The van der Waals surface area contributed by atoms with Gasteiger partial charge < -0.3 is 14.4 Å². The minimum Gasteiger partial charge on any atom is -0.461 e. The topological polar surface area (TPSA) is 51.7 Å². The third-order valence-corrected chi connectivity index (χ3v) is 3.28. The largest absolute Gasteiger partial charge is 0.461 e. The van der Waals surface area contributed by atoms with Gasteiger partial charge in [0.25, 0.3) is 0 Å². The van der Waals surface area contributed by atoms with Gasteiger partial charge in [-0.2, -0.15) is 0 Å². The van der Waals surface area contributed by atoms with E-state index in [1.165, 1.54) is 11.3 Å². The SMILES string of the molecule is CCOC(=O)c1csc(N(C)[C@@H](C)COC)n1. The molecular formula is C11H18N2O3S. The second kappa shape index (κ2) is 6.56. The Balaban J connectivity index is 2.70. The van der Waals surface area contributed by atoms with Crippen LogP contribution in [0.4, 0.5) is 5.13 Å². The molecule has 1 heterocycles. The van der Waals surface area contributed by atoms with E-state index in [4.69, 9.17) is 9.47 Å². The van der Waals surface area contributed by atoms with Gasteiger partial charge in [-0.25, -0.2) is 9.78 Å². The zero-order chi connectivity index (χ0) is 12.8. The Morgan fingerprint density at radius 2 is 2.35 bits per heavy atom. The standard InChI is InChI=1S/C11H18N2O3S/c1-5-16-10(14)9-7-17-11(12-9)13(3)8(2)6-15-4/h7-8H,5-6H2,1-4H3/t8-/m0/s1. The van der Waals surface area contributed by atoms with E-state index < -0.39 is 0 Å². The van der Waals surface area contributed by atoms with Crippen LogP contribution < -0.4 is 4.90 Å². The van der Waals surface area contributed by atoms with Crippen molar-refractivity contribution in [2.75, 3.05) is 32.3 Å². The van der Waals surface area contributed by atoms with E-state index >= 15 is 0 Å². The number of thiazole rings is 1. The Morgan fingerprint density at radius 3 is 2.94 bits per heavy atom. The van der Waals surface area contributed by atoms with Crippen LogP contribution in [0.1, 0.15) is 24.3 Å². The summed E-state index contributed by atoms with van der Waals surface area (Å²) < 4.78 is 9.97. The maximum Gasteiger partial charge on any atom is 0.357 e. The minimum absolute atomic E-state index is 0.209. The first-order chi connectivity index (χ1) is 8.10. The summed E-state index contributed by atoms with van der Waals surface area (Å²) in [6.07, 6.45) is 0. The maximum atomic E-state index is 11.5. The van der Waals surface area contributed by atoms with Gasteiger partial charge in [0.15, 0.2) is 10.8 Å². The molecule has 1 rings (SSSR count). The number of methoxy groups -OCH3 is 1. The van der Waals surface area contributed by atoms with Crippen molar-refractivity contribution < 1.29 is 14.3 Å². The van der Waals surface area contributed by atoms with Crippen LogP contribution >= 0.6 is 11.3 Å². The lowest BCUT2D eigenvalue weighted by Gasteiger charge is -2.23. The van der Waals surface area contributed by atoms with Crippen LogP contribution in [-0.4, -0.2) is 44.4 Å². The summed E-state index contributed by atoms with van der Waals surface area (Å²) in [4.78, 5) is 17.7. The Labute approximate surface area is 105 Å². The molecule has 0 radical (unpaired) electrons. The molecule has 1 atom stereocenters. The summed E-state index contributed by atoms with van der Waals surface area (Å²) in [6, 6.07) is 0.209. The van der Waals surface area contributed by atoms with E-state index in [1.54, 1.807) is 19.4 Å². The molecule has 0 unspecified atom stereocenters. The number of aromatic nitrogens is 1. The first-order valence-electron chi connectivity index (χ1n) is 5.44. The van der Waals surface area contributed by atoms with Crippen LogP contribution in [0.25, 0.3) is 0 Å². The monoisotopic (exact) mass is 258 g/mol. The molecule has 0 spiro atoms. The molecule has 1 aromatic rings. The lowest BCUT2D eigenvalue weighted by atomic mass is 10.3. The molecule has 0 bridgehead atoms. The molecule has 0 amide bonds. The quantitative estimate of drug-likeness (QED) is 0.728. The van der Waals surface area contributed by atoms with Crippen LogP contribution in [0.15, 0.2) is 5.38 Å². The number of likely N-dealkylation sites (N-methyl/N-ethyl adjacent to an activating group) is 1. The predicted molar refractivity (Wildman–Crippen MR) is 67.8 cm³/mol. The molecule has 0 aromatic carbocycles. The number of carbonyl (C=O) groups is 1. The zero-order valence-corrected chi connectivity index (χ0v) is 11.4. The number of ether oxygens (including phenoxy) is 2. The molecule has 1 aromatic heterocycles. The lowest BCUT2D eigenvalue weighted by molar-refractivity contribution is 0.0520. The van der Waals surface area contributed by atoms with Crippen LogP contribution in [0.5, 0.6) is 0 Å². The van der Waals surface area contributed by atoms with E-state index in [-0.39, 0.29) is 12.0 Å². The van der Waals surface area contributed by atoms with E-state index in [1.807, 2.05) is 18.9 Å². The Hall–Kier alpha value is -1.14. The van der Waals surface area contributed by atoms with Crippen molar-refractivity contribution in [1.82, 2.24) is 4.98 Å². The molecule has 0 fully saturated rings. The molecule has 6 heteroatoms. The molecule has 0 aliphatic carbocycles. The highest BCUT2D eigenvalue weighted by molar-refractivity contribution is 7.13. The first kappa shape index (κ1) is 13.9. The summed E-state index contributed by atoms with van der Waals surface area (Å²) in [6.45, 7) is 4.79. The highest BCUT2D eigenvalue weighted by atomic mass is 32.1. The number of anilines is 1. The smallest absolute Gasteiger partial charge is 0.357 e. The fourth-order valence-electron chi connectivity index (χ4n) is 1.27. The molecular weight excluding hydrogens is 240 g/mol. The van der Waals surface area contributed by atoms with Gasteiger partial charge in [0.2, 0.25) is 0 Å². The van der Waals surface area contributed by atoms with Crippen LogP contribution in [0.3, 0.4) is 0 Å². The molecule has 17 heavy (non-hydrogen) atoms. The van der Waals surface area contributed by atoms with Gasteiger partial charge in [-0.15, -0.1) is 11.3 Å². The van der Waals surface area contributed by atoms with Gasteiger partial charge in [-0.3, -0.25) is 0 Å². The average Bonchev–Trinajstić information content (AvgIpc) is 2.78. The summed E-state index contributed by atoms with van der Waals surface area (Å²) in [5.74, 6) is -0.372. The Bertz CT molecular complexity index is 367. The highest BCUT2D eigenvalue weighted by Crippen LogP contribution is 2.21. The van der Waals surface area contributed by atoms with Gasteiger partial charge in [0.05, 0.1) is 19.3 Å². The zero-order valence-electron chi connectivity index (χ0n) is 10.6. The number of carbonyl (C=O) groups excluding carboxylic acids is 1. The average molecular weight is 258 g/mol. The summed E-state index contributed by atoms with van der Waals surface area (Å²) in [5.41, 5.74) is 0.364. The van der Waals surface area contributed by atoms with Crippen LogP contribution in [0.2, 0.25) is 0 Å². The molecule has 0 N–H and O–H groups in total. The number of nitrogens with zero attached hydrogens (tertiary/aromatic N) is 2. The molecule has 96 valence electrons. The van der Waals surface area contributed by atoms with Crippen molar-refractivity contribution in [2.24, 2.45) is 0 Å². The summed E-state index contributed by atoms with van der Waals surface area (Å²) >= 11 is 1.42. The summed E-state index contributed by atoms with van der Waals surface area (Å²) in [7, 11) is 3.59. The Kier molecular flexibility index (Phi) is 5.37. The van der Waals surface area contributed by atoms with Crippen molar-refractivity contribution in [3.8, 4) is 0 Å². The number of rotatable bonds is 6. The maximum absolute atomic E-state index is 11.5. The Morgan fingerprint density at radius 1 is 1.65 bits per heavy atom. The highest BCUT2D eigenvalue weighted by Gasteiger charge is 2.16. The number of esters is 1. The van der Waals surface area contributed by atoms with Gasteiger partial charge in [0.1, 0.15) is 0 Å². The van der Waals surface area contributed by atoms with Gasteiger partial charge >= 0.3 is 5.97 Å². The minimum atomic E-state index is -0.372. The third kappa shape index (κ3) is 3.67. The molecule has 0 saturated carbocycles. The number of hydrogen-bond acceptors (Lipinski definition) is 6. The molecule has 5 nitrogen and oxygen atoms in total. The van der Waals surface area contributed by atoms with E-state index in [2.05, 4.69) is 4.98 Å². The molecule has 0 saturated heterocycles. The van der Waals surface area contributed by atoms with Crippen molar-refractivity contribution in [3.63, 3.8) is 0 Å². The van der Waals surface area contributed by atoms with Crippen molar-refractivity contribution in [3.05, 3.63) is 11.1 Å². The second-order valence-electron chi connectivity index (χ2n) is 3.65. The van der Waals surface area contributed by atoms with Crippen molar-refractivity contribution in [1.29, 1.82) is 0 Å². The predicted octanol–water partition coefficient (Wildman–Crippen LogP) is 1.79. The van der Waals surface area contributed by atoms with Gasteiger partial charge in [-0.05, 0) is 13.8 Å². The van der Waals surface area contributed by atoms with E-state index in [0.29, 0.717) is 18.9 Å². The van der Waals surface area contributed by atoms with Crippen molar-refractivity contribution in [2.45, 2.75) is 19.9 Å². The van der Waals surface area contributed by atoms with Crippen molar-refractivity contribution >= 4 is 22.4 Å². The van der Waals surface area contributed by atoms with Gasteiger partial charge in [0, 0.05) is 19.5 Å². The van der Waals surface area contributed by atoms with Crippen LogP contribution in [-0.2, 0) is 9.47 Å². The normalized spacial score (nSPS) is 12.2. The fourth-order valence-corrected chi connectivity index (χ4v) is 2.13. The second-order valence-corrected chi connectivity index (χ2v) is 4.49.